The Bertz CT molecular complexity index is 68.2. The molecule has 0 saturated carbocycles. The first-order valence-electron chi connectivity index (χ1n) is 4.27. The van der Waals surface area contributed by atoms with Crippen molar-refractivity contribution in [2.75, 3.05) is 49.0 Å². The highest BCUT2D eigenvalue weighted by Crippen LogP contribution is 1.84. The largest absolute Gasteiger partial charge is 0.394 e. The summed E-state index contributed by atoms with van der Waals surface area (Å²) in [5, 5.41) is 10.9. The number of aliphatic hydroxyl groups is 1. The summed E-state index contributed by atoms with van der Waals surface area (Å²) in [6, 6.07) is 0. The van der Waals surface area contributed by atoms with E-state index in [9.17, 15) is 0 Å². The molecule has 14 heavy (non-hydrogen) atoms. The van der Waals surface area contributed by atoms with E-state index in [1.165, 1.54) is 0 Å². The molecule has 0 amide bonds. The van der Waals surface area contributed by atoms with Gasteiger partial charge in [0.25, 0.3) is 0 Å². The quantitative estimate of drug-likeness (QED) is 0.501. The topological polar surface area (TPSA) is 38.7 Å². The Hall–Kier alpha value is 1.32. The van der Waals surface area contributed by atoms with Crippen LogP contribution in [0.25, 0.3) is 0 Å². The van der Waals surface area contributed by atoms with Crippen molar-refractivity contribution in [1.29, 1.82) is 0 Å². The molecule has 0 heterocycles. The zero-order valence-corrected chi connectivity index (χ0v) is 12.8. The average Bonchev–Trinajstić information content (AvgIpc) is 2.21. The van der Waals surface area contributed by atoms with Gasteiger partial charge in [0.2, 0.25) is 0 Å². The molecule has 6 heteroatoms. The molecule has 88 valence electrons. The molecular formula is C8H17Br3O3. The normalized spacial score (nSPS) is 9.43. The molecule has 0 aromatic heterocycles. The van der Waals surface area contributed by atoms with Crippen molar-refractivity contribution in [2.24, 2.45) is 0 Å². The lowest BCUT2D eigenvalue weighted by molar-refractivity contribution is 0.104. The van der Waals surface area contributed by atoms with Crippen LogP contribution in [0.15, 0.2) is 0 Å². The lowest BCUT2D eigenvalue weighted by Gasteiger charge is -1.94. The van der Waals surface area contributed by atoms with Crippen molar-refractivity contribution < 1.29 is 14.6 Å². The van der Waals surface area contributed by atoms with Crippen LogP contribution in [0, 0.1) is 0 Å². The Morgan fingerprint density at radius 3 is 1.36 bits per heavy atom. The maximum atomic E-state index is 8.15. The third-order valence-corrected chi connectivity index (χ3v) is 1.87. The van der Waals surface area contributed by atoms with Gasteiger partial charge in [0.1, 0.15) is 0 Å². The summed E-state index contributed by atoms with van der Waals surface area (Å²) in [6.45, 7) is 2.87. The molecule has 0 aromatic carbocycles. The van der Waals surface area contributed by atoms with Crippen LogP contribution < -0.4 is 0 Å². The van der Waals surface area contributed by atoms with E-state index in [0.717, 1.165) is 29.2 Å². The zero-order valence-electron chi connectivity index (χ0n) is 8.05. The Kier molecular flexibility index (Phi) is 25.1. The highest BCUT2D eigenvalue weighted by molar-refractivity contribution is 9.09. The van der Waals surface area contributed by atoms with Gasteiger partial charge in [-0.3, -0.25) is 0 Å². The monoisotopic (exact) mass is 398 g/mol. The fourth-order valence-corrected chi connectivity index (χ4v) is 1.12. The van der Waals surface area contributed by atoms with Crippen LogP contribution in [0.2, 0.25) is 0 Å². The van der Waals surface area contributed by atoms with Gasteiger partial charge >= 0.3 is 0 Å². The molecule has 0 radical (unpaired) electrons. The smallest absolute Gasteiger partial charge is 0.0698 e. The highest BCUT2D eigenvalue weighted by atomic mass is 79.9. The number of hydrogen-bond donors (Lipinski definition) is 1. The zero-order chi connectivity index (χ0) is 11.1. The van der Waals surface area contributed by atoms with Crippen LogP contribution in [0.4, 0.5) is 0 Å². The first kappa shape index (κ1) is 17.7. The van der Waals surface area contributed by atoms with Crippen LogP contribution in [0.1, 0.15) is 0 Å². The van der Waals surface area contributed by atoms with Gasteiger partial charge in [-0.15, -0.1) is 0 Å². The van der Waals surface area contributed by atoms with Gasteiger partial charge in [0.15, 0.2) is 0 Å². The van der Waals surface area contributed by atoms with Gasteiger partial charge < -0.3 is 14.6 Å². The SMILES string of the molecule is BrCCOCCBr.OCCOCCBr. The van der Waals surface area contributed by atoms with Crippen LogP contribution in [-0.4, -0.2) is 54.1 Å². The molecule has 0 rings (SSSR count). The third-order valence-electron chi connectivity index (χ3n) is 0.900. The number of halogens is 3. The van der Waals surface area contributed by atoms with Crippen molar-refractivity contribution in [3.63, 3.8) is 0 Å². The van der Waals surface area contributed by atoms with E-state index in [4.69, 9.17) is 14.6 Å². The van der Waals surface area contributed by atoms with Gasteiger partial charge in [0.05, 0.1) is 33.0 Å². The van der Waals surface area contributed by atoms with Gasteiger partial charge in [-0.2, -0.15) is 0 Å². The molecule has 0 aromatic rings. The van der Waals surface area contributed by atoms with E-state index in [-0.39, 0.29) is 6.61 Å². The number of rotatable bonds is 8. The molecule has 1 N–H and O–H groups in total. The molecule has 0 aliphatic carbocycles. The van der Waals surface area contributed by atoms with Crippen LogP contribution in [0.3, 0.4) is 0 Å². The number of ether oxygens (including phenoxy) is 2. The Morgan fingerprint density at radius 2 is 1.07 bits per heavy atom. The number of alkyl halides is 3. The molecule has 0 spiro atoms. The molecule has 0 bridgehead atoms. The fourth-order valence-electron chi connectivity index (χ4n) is 0.432. The van der Waals surface area contributed by atoms with Crippen LogP contribution in [0.5, 0.6) is 0 Å². The summed E-state index contributed by atoms with van der Waals surface area (Å²) in [4.78, 5) is 0. The van der Waals surface area contributed by atoms with Crippen molar-refractivity contribution >= 4 is 47.8 Å². The van der Waals surface area contributed by atoms with Crippen LogP contribution >= 0.6 is 47.8 Å². The number of aliphatic hydroxyl groups excluding tert-OH is 1. The molecule has 0 aliphatic heterocycles. The maximum absolute atomic E-state index is 8.15. The Balaban J connectivity index is 0. The summed E-state index contributed by atoms with van der Waals surface area (Å²) in [5.74, 6) is 0. The Labute approximate surface area is 111 Å². The van der Waals surface area contributed by atoms with Crippen molar-refractivity contribution in [3.8, 4) is 0 Å². The second kappa shape index (κ2) is 19.8. The first-order chi connectivity index (χ1) is 6.83. The number of hydrogen-bond acceptors (Lipinski definition) is 3. The molecule has 0 fully saturated rings. The van der Waals surface area contributed by atoms with Gasteiger partial charge in [-0.05, 0) is 0 Å². The van der Waals surface area contributed by atoms with E-state index in [2.05, 4.69) is 47.8 Å². The van der Waals surface area contributed by atoms with E-state index in [1.54, 1.807) is 0 Å². The molecule has 0 aliphatic rings. The van der Waals surface area contributed by atoms with E-state index < -0.39 is 0 Å². The van der Waals surface area contributed by atoms with E-state index in [0.29, 0.717) is 13.2 Å². The minimum Gasteiger partial charge on any atom is -0.394 e. The van der Waals surface area contributed by atoms with Crippen molar-refractivity contribution in [1.82, 2.24) is 0 Å². The average molecular weight is 401 g/mol. The lowest BCUT2D eigenvalue weighted by Crippen LogP contribution is -2.00. The molecule has 0 saturated heterocycles. The molecular weight excluding hydrogens is 384 g/mol. The van der Waals surface area contributed by atoms with E-state index in [1.807, 2.05) is 0 Å². The van der Waals surface area contributed by atoms with E-state index >= 15 is 0 Å². The lowest BCUT2D eigenvalue weighted by atomic mass is 10.8. The minimum absolute atomic E-state index is 0.118. The summed E-state index contributed by atoms with van der Waals surface area (Å²) in [6.07, 6.45) is 0. The minimum atomic E-state index is 0.118. The predicted molar refractivity (Wildman–Crippen MR) is 70.1 cm³/mol. The second-order valence-corrected chi connectivity index (χ2v) is 4.39. The highest BCUT2D eigenvalue weighted by Gasteiger charge is 1.80. The molecule has 3 nitrogen and oxygen atoms in total. The third kappa shape index (κ3) is 23.3. The molecule has 0 unspecified atom stereocenters. The summed E-state index contributed by atoms with van der Waals surface area (Å²) in [5.41, 5.74) is 0. The van der Waals surface area contributed by atoms with Gasteiger partial charge in [-0.1, -0.05) is 47.8 Å². The summed E-state index contributed by atoms with van der Waals surface area (Å²) in [7, 11) is 0. The Morgan fingerprint density at radius 1 is 0.714 bits per heavy atom. The van der Waals surface area contributed by atoms with Gasteiger partial charge in [0, 0.05) is 16.0 Å². The van der Waals surface area contributed by atoms with Gasteiger partial charge in [-0.25, -0.2) is 0 Å². The first-order valence-corrected chi connectivity index (χ1v) is 7.64. The van der Waals surface area contributed by atoms with Crippen molar-refractivity contribution in [3.05, 3.63) is 0 Å². The summed E-state index contributed by atoms with van der Waals surface area (Å²) < 4.78 is 9.87. The van der Waals surface area contributed by atoms with Crippen LogP contribution in [-0.2, 0) is 9.47 Å². The van der Waals surface area contributed by atoms with Crippen molar-refractivity contribution in [2.45, 2.75) is 0 Å². The second-order valence-electron chi connectivity index (χ2n) is 2.02. The fraction of sp³-hybridized carbons (Fsp3) is 1.00. The standard InChI is InChI=1S/C4H8Br2O.C4H9BrO2/c2*5-1-3-7-4-2-6/h1-4H2;6H,1-4H2. The predicted octanol–water partition coefficient (Wildman–Crippen LogP) is 2.18. The maximum Gasteiger partial charge on any atom is 0.0698 e. The molecule has 0 atom stereocenters. The summed E-state index contributed by atoms with van der Waals surface area (Å²) >= 11 is 9.65.